The number of rotatable bonds is 4. The number of likely N-dealkylation sites (tertiary alicyclic amines) is 1. The zero-order chi connectivity index (χ0) is 13.2. The number of hydrogen-bond donors (Lipinski definition) is 2. The molecular formula is C15H30N2O. The predicted octanol–water partition coefficient (Wildman–Crippen LogP) is 1.84. The molecule has 2 rings (SSSR count). The summed E-state index contributed by atoms with van der Waals surface area (Å²) in [4.78, 5) is 2.51. The van der Waals surface area contributed by atoms with E-state index in [-0.39, 0.29) is 0 Å². The molecule has 0 aromatic rings. The van der Waals surface area contributed by atoms with E-state index < -0.39 is 0 Å². The lowest BCUT2D eigenvalue weighted by Gasteiger charge is -2.43. The minimum absolute atomic E-state index is 0.303. The summed E-state index contributed by atoms with van der Waals surface area (Å²) < 4.78 is 0. The van der Waals surface area contributed by atoms with Crippen molar-refractivity contribution in [1.82, 2.24) is 4.90 Å². The van der Waals surface area contributed by atoms with Crippen LogP contribution in [-0.2, 0) is 0 Å². The average Bonchev–Trinajstić information content (AvgIpc) is 2.69. The van der Waals surface area contributed by atoms with Crippen LogP contribution in [0.15, 0.2) is 0 Å². The van der Waals surface area contributed by atoms with Crippen LogP contribution in [0.2, 0.25) is 0 Å². The summed E-state index contributed by atoms with van der Waals surface area (Å²) in [6.45, 7) is 7.98. The normalized spacial score (nSPS) is 42.3. The largest absolute Gasteiger partial charge is 0.395 e. The molecule has 3 nitrogen and oxygen atoms in total. The van der Waals surface area contributed by atoms with Crippen molar-refractivity contribution in [2.75, 3.05) is 26.2 Å². The van der Waals surface area contributed by atoms with E-state index in [1.54, 1.807) is 0 Å². The van der Waals surface area contributed by atoms with Crippen molar-refractivity contribution in [2.24, 2.45) is 23.0 Å². The maximum atomic E-state index is 9.57. The van der Waals surface area contributed by atoms with E-state index in [9.17, 15) is 5.11 Å². The van der Waals surface area contributed by atoms with Crippen molar-refractivity contribution in [1.29, 1.82) is 0 Å². The maximum absolute atomic E-state index is 9.57. The second kappa shape index (κ2) is 5.89. The fourth-order valence-electron chi connectivity index (χ4n) is 4.17. The van der Waals surface area contributed by atoms with E-state index in [1.807, 2.05) is 0 Å². The first kappa shape index (κ1) is 14.3. The molecule has 4 atom stereocenters. The van der Waals surface area contributed by atoms with Crippen LogP contribution in [-0.4, -0.2) is 42.3 Å². The molecule has 1 saturated carbocycles. The lowest BCUT2D eigenvalue weighted by molar-refractivity contribution is 0.0574. The second-order valence-electron chi connectivity index (χ2n) is 6.89. The van der Waals surface area contributed by atoms with Gasteiger partial charge in [-0.15, -0.1) is 0 Å². The first-order valence-electron chi connectivity index (χ1n) is 7.65. The molecule has 0 spiro atoms. The summed E-state index contributed by atoms with van der Waals surface area (Å²) in [5.41, 5.74) is 6.43. The summed E-state index contributed by atoms with van der Waals surface area (Å²) in [6.07, 6.45) is 6.46. The highest BCUT2D eigenvalue weighted by molar-refractivity contribution is 4.93. The van der Waals surface area contributed by atoms with E-state index in [2.05, 4.69) is 18.7 Å². The van der Waals surface area contributed by atoms with E-state index in [4.69, 9.17) is 5.73 Å². The Balaban J connectivity index is 2.01. The van der Waals surface area contributed by atoms with Crippen molar-refractivity contribution in [3.8, 4) is 0 Å². The van der Waals surface area contributed by atoms with Gasteiger partial charge < -0.3 is 10.8 Å². The Hall–Kier alpha value is -0.120. The Bertz CT molecular complexity index is 271. The van der Waals surface area contributed by atoms with Gasteiger partial charge in [0.05, 0.1) is 6.61 Å². The number of aliphatic hydroxyl groups excluding tert-OH is 1. The Labute approximate surface area is 112 Å². The van der Waals surface area contributed by atoms with Crippen LogP contribution in [0.1, 0.15) is 46.0 Å². The molecule has 0 amide bonds. The third-order valence-electron chi connectivity index (χ3n) is 5.34. The molecule has 1 aliphatic heterocycles. The van der Waals surface area contributed by atoms with E-state index in [1.165, 1.54) is 32.1 Å². The van der Waals surface area contributed by atoms with Crippen LogP contribution >= 0.6 is 0 Å². The molecule has 0 radical (unpaired) electrons. The van der Waals surface area contributed by atoms with Gasteiger partial charge in [0, 0.05) is 12.6 Å². The molecular weight excluding hydrogens is 224 g/mol. The van der Waals surface area contributed by atoms with Gasteiger partial charge in [-0.3, -0.25) is 4.90 Å². The topological polar surface area (TPSA) is 49.5 Å². The maximum Gasteiger partial charge on any atom is 0.0589 e. The van der Waals surface area contributed by atoms with Crippen LogP contribution < -0.4 is 5.73 Å². The average molecular weight is 254 g/mol. The molecule has 106 valence electrons. The molecule has 3 N–H and O–H groups in total. The predicted molar refractivity (Wildman–Crippen MR) is 75.3 cm³/mol. The summed E-state index contributed by atoms with van der Waals surface area (Å²) in [5.74, 6) is 1.45. The van der Waals surface area contributed by atoms with Gasteiger partial charge in [0.2, 0.25) is 0 Å². The Morgan fingerprint density at radius 2 is 2.11 bits per heavy atom. The minimum Gasteiger partial charge on any atom is -0.395 e. The summed E-state index contributed by atoms with van der Waals surface area (Å²) in [7, 11) is 0. The van der Waals surface area contributed by atoms with Crippen LogP contribution in [0.25, 0.3) is 0 Å². The molecule has 1 aliphatic carbocycles. The smallest absolute Gasteiger partial charge is 0.0589 e. The fourth-order valence-corrected chi connectivity index (χ4v) is 4.17. The molecule has 0 aromatic carbocycles. The summed E-state index contributed by atoms with van der Waals surface area (Å²) in [5, 5.41) is 9.57. The molecule has 0 bridgehead atoms. The first-order chi connectivity index (χ1) is 8.60. The lowest BCUT2D eigenvalue weighted by atomic mass is 9.69. The number of nitrogens with two attached hydrogens (primary N) is 1. The Morgan fingerprint density at radius 1 is 1.33 bits per heavy atom. The third kappa shape index (κ3) is 2.89. The van der Waals surface area contributed by atoms with Crippen molar-refractivity contribution >= 4 is 0 Å². The van der Waals surface area contributed by atoms with E-state index in [0.29, 0.717) is 24.0 Å². The highest BCUT2D eigenvalue weighted by Gasteiger charge is 2.39. The van der Waals surface area contributed by atoms with Gasteiger partial charge in [-0.2, -0.15) is 0 Å². The Morgan fingerprint density at radius 3 is 2.72 bits per heavy atom. The molecule has 0 aromatic heterocycles. The van der Waals surface area contributed by atoms with Gasteiger partial charge in [-0.1, -0.05) is 26.7 Å². The molecule has 2 fully saturated rings. The summed E-state index contributed by atoms with van der Waals surface area (Å²) in [6, 6.07) is 0.366. The van der Waals surface area contributed by atoms with Crippen LogP contribution in [0, 0.1) is 17.3 Å². The zero-order valence-electron chi connectivity index (χ0n) is 12.1. The van der Waals surface area contributed by atoms with Crippen LogP contribution in [0.3, 0.4) is 0 Å². The molecule has 2 aliphatic rings. The van der Waals surface area contributed by atoms with E-state index in [0.717, 1.165) is 25.6 Å². The molecule has 1 heterocycles. The highest BCUT2D eigenvalue weighted by Crippen LogP contribution is 2.40. The Kier molecular flexibility index (Phi) is 4.68. The quantitative estimate of drug-likeness (QED) is 0.805. The zero-order valence-corrected chi connectivity index (χ0v) is 12.1. The van der Waals surface area contributed by atoms with Gasteiger partial charge in [0.1, 0.15) is 0 Å². The van der Waals surface area contributed by atoms with Crippen molar-refractivity contribution in [2.45, 2.75) is 52.0 Å². The third-order valence-corrected chi connectivity index (χ3v) is 5.34. The fraction of sp³-hybridized carbons (Fsp3) is 1.00. The molecule has 3 heteroatoms. The molecule has 4 unspecified atom stereocenters. The minimum atomic E-state index is 0.303. The van der Waals surface area contributed by atoms with Gasteiger partial charge in [0.15, 0.2) is 0 Å². The monoisotopic (exact) mass is 254 g/mol. The van der Waals surface area contributed by atoms with Gasteiger partial charge >= 0.3 is 0 Å². The summed E-state index contributed by atoms with van der Waals surface area (Å²) >= 11 is 0. The number of aliphatic hydroxyl groups is 1. The number of nitrogens with zero attached hydrogens (tertiary/aromatic N) is 1. The molecule has 18 heavy (non-hydrogen) atoms. The van der Waals surface area contributed by atoms with Crippen molar-refractivity contribution in [3.63, 3.8) is 0 Å². The van der Waals surface area contributed by atoms with E-state index >= 15 is 0 Å². The second-order valence-corrected chi connectivity index (χ2v) is 6.89. The highest BCUT2D eigenvalue weighted by atomic mass is 16.3. The van der Waals surface area contributed by atoms with Gasteiger partial charge in [0.25, 0.3) is 0 Å². The lowest BCUT2D eigenvalue weighted by Crippen LogP contribution is -2.48. The first-order valence-corrected chi connectivity index (χ1v) is 7.65. The molecule has 1 saturated heterocycles. The van der Waals surface area contributed by atoms with Crippen LogP contribution in [0.5, 0.6) is 0 Å². The van der Waals surface area contributed by atoms with Gasteiger partial charge in [-0.05, 0) is 49.6 Å². The van der Waals surface area contributed by atoms with Crippen LogP contribution in [0.4, 0.5) is 0 Å². The van der Waals surface area contributed by atoms with Crippen molar-refractivity contribution < 1.29 is 5.11 Å². The number of hydrogen-bond acceptors (Lipinski definition) is 3. The SMILES string of the molecule is CC1CCCC(CN)(CN2CCC(C)C2CO)C1. The van der Waals surface area contributed by atoms with Crippen molar-refractivity contribution in [3.05, 3.63) is 0 Å². The van der Waals surface area contributed by atoms with Gasteiger partial charge in [-0.25, -0.2) is 0 Å². The standard InChI is InChI=1S/C15H30N2O/c1-12-4-3-6-15(8-12,10-16)11-17-7-5-13(2)14(17)9-18/h12-14,18H,3-11,16H2,1-2H3.